The minimum Gasteiger partial charge on any atom is -0.351 e. The summed E-state index contributed by atoms with van der Waals surface area (Å²) in [7, 11) is -0.743. The van der Waals surface area contributed by atoms with Gasteiger partial charge >= 0.3 is 0 Å². The molecule has 2 aromatic rings. The van der Waals surface area contributed by atoms with Gasteiger partial charge in [0, 0.05) is 46.3 Å². The van der Waals surface area contributed by atoms with E-state index in [0.717, 1.165) is 9.20 Å². The van der Waals surface area contributed by atoms with Gasteiger partial charge in [0.2, 0.25) is 10.0 Å². The van der Waals surface area contributed by atoms with Crippen molar-refractivity contribution in [2.75, 3.05) is 26.4 Å². The SMILES string of the molecule is CN(C)S(=O)(=O)c1cc(C(=O)NCCSc2ccc(Cl)cc2)ccc1Br. The summed E-state index contributed by atoms with van der Waals surface area (Å²) in [4.78, 5) is 13.4. The quantitative estimate of drug-likeness (QED) is 0.485. The molecular formula is C17H18BrClN2O3S2. The normalized spacial score (nSPS) is 11.6. The monoisotopic (exact) mass is 476 g/mol. The van der Waals surface area contributed by atoms with E-state index in [1.54, 1.807) is 23.9 Å². The van der Waals surface area contributed by atoms with Crippen molar-refractivity contribution >= 4 is 55.2 Å². The molecule has 0 aliphatic rings. The van der Waals surface area contributed by atoms with Crippen molar-refractivity contribution in [2.24, 2.45) is 0 Å². The Morgan fingerprint density at radius 2 is 1.85 bits per heavy atom. The second-order valence-electron chi connectivity index (χ2n) is 5.49. The van der Waals surface area contributed by atoms with E-state index in [4.69, 9.17) is 11.6 Å². The zero-order chi connectivity index (χ0) is 19.3. The van der Waals surface area contributed by atoms with Crippen LogP contribution in [0.4, 0.5) is 0 Å². The van der Waals surface area contributed by atoms with Crippen LogP contribution in [0.2, 0.25) is 5.02 Å². The predicted octanol–water partition coefficient (Wildman–Crippen LogP) is 3.87. The number of halogens is 2. The standard InChI is InChI=1S/C17H18BrClN2O3S2/c1-21(2)26(23,24)16-11-12(3-8-15(16)18)17(22)20-9-10-25-14-6-4-13(19)5-7-14/h3-8,11H,9-10H2,1-2H3,(H,20,22). The first-order chi connectivity index (χ1) is 12.2. The summed E-state index contributed by atoms with van der Waals surface area (Å²) in [6.45, 7) is 0.456. The lowest BCUT2D eigenvalue weighted by Gasteiger charge is -2.14. The molecule has 0 aromatic heterocycles. The molecule has 0 fully saturated rings. The summed E-state index contributed by atoms with van der Waals surface area (Å²) in [6.07, 6.45) is 0. The fraction of sp³-hybridized carbons (Fsp3) is 0.235. The number of rotatable bonds is 7. The van der Waals surface area contributed by atoms with Gasteiger partial charge in [-0.25, -0.2) is 12.7 Å². The molecule has 0 radical (unpaired) electrons. The summed E-state index contributed by atoms with van der Waals surface area (Å²) in [5.41, 5.74) is 0.296. The van der Waals surface area contributed by atoms with E-state index in [9.17, 15) is 13.2 Å². The molecule has 0 aliphatic carbocycles. The van der Waals surface area contributed by atoms with Crippen LogP contribution in [0.3, 0.4) is 0 Å². The van der Waals surface area contributed by atoms with Crippen molar-refractivity contribution in [3.63, 3.8) is 0 Å². The Kier molecular flexibility index (Phi) is 7.54. The maximum absolute atomic E-state index is 12.3. The molecule has 0 unspecified atom stereocenters. The molecule has 0 saturated carbocycles. The number of carbonyl (C=O) groups excluding carboxylic acids is 1. The van der Waals surface area contributed by atoms with Crippen LogP contribution in [0.15, 0.2) is 56.7 Å². The van der Waals surface area contributed by atoms with Crippen LogP contribution in [0.25, 0.3) is 0 Å². The van der Waals surface area contributed by atoms with E-state index in [0.29, 0.717) is 27.4 Å². The van der Waals surface area contributed by atoms with Crippen LogP contribution in [0.5, 0.6) is 0 Å². The van der Waals surface area contributed by atoms with Gasteiger partial charge < -0.3 is 5.32 Å². The van der Waals surface area contributed by atoms with Gasteiger partial charge in [0.1, 0.15) is 0 Å². The van der Waals surface area contributed by atoms with Crippen molar-refractivity contribution in [3.8, 4) is 0 Å². The zero-order valence-electron chi connectivity index (χ0n) is 14.2. The molecule has 140 valence electrons. The summed E-state index contributed by atoms with van der Waals surface area (Å²) in [6, 6.07) is 12.0. The molecule has 9 heteroatoms. The van der Waals surface area contributed by atoms with Crippen LogP contribution < -0.4 is 5.32 Å². The maximum atomic E-state index is 12.3. The van der Waals surface area contributed by atoms with Gasteiger partial charge in [-0.05, 0) is 58.4 Å². The number of nitrogens with zero attached hydrogens (tertiary/aromatic N) is 1. The first-order valence-electron chi connectivity index (χ1n) is 7.60. The van der Waals surface area contributed by atoms with Gasteiger partial charge in [-0.1, -0.05) is 11.6 Å². The van der Waals surface area contributed by atoms with Crippen LogP contribution in [0, 0.1) is 0 Å². The Morgan fingerprint density at radius 1 is 1.19 bits per heavy atom. The summed E-state index contributed by atoms with van der Waals surface area (Å²) >= 11 is 10.7. The molecule has 0 saturated heterocycles. The Hall–Kier alpha value is -1.06. The highest BCUT2D eigenvalue weighted by atomic mass is 79.9. The molecular weight excluding hydrogens is 460 g/mol. The molecule has 0 spiro atoms. The average Bonchev–Trinajstić information content (AvgIpc) is 2.60. The summed E-state index contributed by atoms with van der Waals surface area (Å²) in [5, 5.41) is 3.48. The first-order valence-corrected chi connectivity index (χ1v) is 11.2. The van der Waals surface area contributed by atoms with E-state index in [-0.39, 0.29) is 10.8 Å². The van der Waals surface area contributed by atoms with Crippen molar-refractivity contribution in [1.29, 1.82) is 0 Å². The molecule has 0 heterocycles. The Morgan fingerprint density at radius 3 is 2.46 bits per heavy atom. The van der Waals surface area contributed by atoms with Gasteiger partial charge in [-0.15, -0.1) is 11.8 Å². The minimum absolute atomic E-state index is 0.0608. The fourth-order valence-corrected chi connectivity index (χ4v) is 4.74. The van der Waals surface area contributed by atoms with Gasteiger partial charge in [0.15, 0.2) is 0 Å². The zero-order valence-corrected chi connectivity index (χ0v) is 18.2. The van der Waals surface area contributed by atoms with E-state index < -0.39 is 10.0 Å². The van der Waals surface area contributed by atoms with Crippen molar-refractivity contribution < 1.29 is 13.2 Å². The molecule has 1 amide bonds. The van der Waals surface area contributed by atoms with Crippen molar-refractivity contribution in [3.05, 3.63) is 57.5 Å². The third-order valence-corrected chi connectivity index (χ3v) is 7.50. The largest absolute Gasteiger partial charge is 0.351 e. The molecule has 0 bridgehead atoms. The second kappa shape index (κ2) is 9.23. The molecule has 5 nitrogen and oxygen atoms in total. The highest BCUT2D eigenvalue weighted by Crippen LogP contribution is 2.25. The van der Waals surface area contributed by atoms with Crippen molar-refractivity contribution in [1.82, 2.24) is 9.62 Å². The van der Waals surface area contributed by atoms with Gasteiger partial charge in [-0.2, -0.15) is 0 Å². The van der Waals surface area contributed by atoms with E-state index in [1.807, 2.05) is 24.3 Å². The van der Waals surface area contributed by atoms with E-state index in [2.05, 4.69) is 21.2 Å². The van der Waals surface area contributed by atoms with Crippen LogP contribution in [-0.2, 0) is 10.0 Å². The third-order valence-electron chi connectivity index (χ3n) is 3.42. The van der Waals surface area contributed by atoms with Crippen LogP contribution >= 0.6 is 39.3 Å². The topological polar surface area (TPSA) is 66.5 Å². The molecule has 1 N–H and O–H groups in total. The number of sulfonamides is 1. The lowest BCUT2D eigenvalue weighted by atomic mass is 10.2. The summed E-state index contributed by atoms with van der Waals surface area (Å²) < 4.78 is 26.2. The molecule has 26 heavy (non-hydrogen) atoms. The number of hydrogen-bond donors (Lipinski definition) is 1. The molecule has 2 aromatic carbocycles. The third kappa shape index (κ3) is 5.47. The van der Waals surface area contributed by atoms with E-state index >= 15 is 0 Å². The van der Waals surface area contributed by atoms with Gasteiger partial charge in [-0.3, -0.25) is 4.79 Å². The number of nitrogens with one attached hydrogen (secondary N) is 1. The number of hydrogen-bond acceptors (Lipinski definition) is 4. The predicted molar refractivity (Wildman–Crippen MR) is 110 cm³/mol. The molecule has 2 rings (SSSR count). The first kappa shape index (κ1) is 21.2. The molecule has 0 atom stereocenters. The van der Waals surface area contributed by atoms with Crippen molar-refractivity contribution in [2.45, 2.75) is 9.79 Å². The number of benzene rings is 2. The van der Waals surface area contributed by atoms with Crippen LogP contribution in [-0.4, -0.2) is 45.0 Å². The van der Waals surface area contributed by atoms with Gasteiger partial charge in [0.05, 0.1) is 4.90 Å². The number of thioether (sulfide) groups is 1. The highest BCUT2D eigenvalue weighted by molar-refractivity contribution is 9.10. The maximum Gasteiger partial charge on any atom is 0.251 e. The highest BCUT2D eigenvalue weighted by Gasteiger charge is 2.22. The smallest absolute Gasteiger partial charge is 0.251 e. The average molecular weight is 478 g/mol. The number of carbonyl (C=O) groups is 1. The minimum atomic E-state index is -3.64. The Bertz CT molecular complexity index is 887. The second-order valence-corrected chi connectivity index (χ2v) is 10.1. The van der Waals surface area contributed by atoms with Gasteiger partial charge in [0.25, 0.3) is 5.91 Å². The lowest BCUT2D eigenvalue weighted by molar-refractivity contribution is 0.0956. The summed E-state index contributed by atoms with van der Waals surface area (Å²) in [5.74, 6) is 0.372. The Balaban J connectivity index is 1.98. The van der Waals surface area contributed by atoms with Crippen LogP contribution in [0.1, 0.15) is 10.4 Å². The fourth-order valence-electron chi connectivity index (χ4n) is 2.01. The lowest BCUT2D eigenvalue weighted by Crippen LogP contribution is -2.27. The number of amides is 1. The molecule has 0 aliphatic heterocycles. The Labute approximate surface area is 171 Å². The van der Waals surface area contributed by atoms with E-state index in [1.165, 1.54) is 20.2 Å².